The molecule has 1 saturated carbocycles. The van der Waals surface area contributed by atoms with E-state index in [0.717, 1.165) is 80.7 Å². The maximum atomic E-state index is 15.1. The molecular weight excluding hydrogens is 1020 g/mol. The predicted molar refractivity (Wildman–Crippen MR) is 303 cm³/mol. The second kappa shape index (κ2) is 21.9. The molecule has 7 heterocycles. The minimum Gasteiger partial charge on any atom is -0.593 e. The fourth-order valence-corrected chi connectivity index (χ4v) is 14.9. The minimum absolute atomic E-state index is 0.00667. The molecule has 1 aliphatic carbocycles. The summed E-state index contributed by atoms with van der Waals surface area (Å²) in [5.41, 5.74) is 10.8. The van der Waals surface area contributed by atoms with Crippen LogP contribution in [0.25, 0.3) is 33.3 Å². The first-order valence-corrected chi connectivity index (χ1v) is 29.8. The van der Waals surface area contributed by atoms with Gasteiger partial charge in [0.25, 0.3) is 5.91 Å². The molecule has 11 rings (SSSR count). The van der Waals surface area contributed by atoms with Crippen molar-refractivity contribution >= 4 is 46.0 Å². The first-order chi connectivity index (χ1) is 37.9. The number of carbonyl (C=O) groups excluding carboxylic acids is 4. The van der Waals surface area contributed by atoms with Gasteiger partial charge in [0.1, 0.15) is 17.8 Å². The van der Waals surface area contributed by atoms with Crippen molar-refractivity contribution in [1.82, 2.24) is 39.4 Å². The van der Waals surface area contributed by atoms with Gasteiger partial charge in [-0.15, -0.1) is 4.31 Å². The van der Waals surface area contributed by atoms with Gasteiger partial charge >= 0.3 is 5.97 Å². The zero-order valence-corrected chi connectivity index (χ0v) is 47.9. The third-order valence-electron chi connectivity index (χ3n) is 17.8. The number of rotatable bonds is 12. The Morgan fingerprint density at radius 2 is 1.75 bits per heavy atom. The molecule has 2 aromatic heterocycles. The number of ether oxygens (including phenoxy) is 2. The Morgan fingerprint density at radius 3 is 2.48 bits per heavy atom. The number of esters is 1. The molecule has 16 nitrogen and oxygen atoms in total. The molecular formula is C62H78N8O8S. The molecule has 9 atom stereocenters. The number of fused-ring (bicyclic) bond motifs is 6. The molecule has 6 aliphatic rings. The lowest BCUT2D eigenvalue weighted by Crippen LogP contribution is -2.62. The lowest BCUT2D eigenvalue weighted by atomic mass is 9.84. The van der Waals surface area contributed by atoms with Crippen molar-refractivity contribution in [2.45, 2.75) is 148 Å². The molecule has 79 heavy (non-hydrogen) atoms. The van der Waals surface area contributed by atoms with Gasteiger partial charge in [-0.05, 0) is 155 Å². The van der Waals surface area contributed by atoms with Gasteiger partial charge in [0.05, 0.1) is 47.5 Å². The molecule has 3 aromatic carbocycles. The average molecular weight is 1100 g/mol. The Labute approximate surface area is 467 Å². The van der Waals surface area contributed by atoms with E-state index in [4.69, 9.17) is 14.5 Å². The number of cyclic esters (lactones) is 1. The largest absolute Gasteiger partial charge is 0.593 e. The molecule has 1 unspecified atom stereocenters. The van der Waals surface area contributed by atoms with E-state index in [1.807, 2.05) is 73.3 Å². The van der Waals surface area contributed by atoms with Crippen LogP contribution in [0.2, 0.25) is 0 Å². The highest BCUT2D eigenvalue weighted by Crippen LogP contribution is 2.52. The smallest absolute Gasteiger partial charge is 0.324 e. The number of aryl methyl sites for hydroxylation is 2. The monoisotopic (exact) mass is 1090 g/mol. The number of nitrogens with zero attached hydrogens (tertiary/aromatic N) is 6. The first-order valence-electron chi connectivity index (χ1n) is 28.7. The third kappa shape index (κ3) is 11.0. The van der Waals surface area contributed by atoms with Crippen molar-refractivity contribution in [3.8, 4) is 28.1 Å². The fourth-order valence-electron chi connectivity index (χ4n) is 13.4. The summed E-state index contributed by atoms with van der Waals surface area (Å²) in [4.78, 5) is 68.4. The summed E-state index contributed by atoms with van der Waals surface area (Å²) in [5, 5.41) is 17.2. The van der Waals surface area contributed by atoms with Crippen LogP contribution < -0.4 is 10.7 Å². The second-order valence-electron chi connectivity index (χ2n) is 24.6. The Balaban J connectivity index is 0.876. The van der Waals surface area contributed by atoms with E-state index in [0.29, 0.717) is 70.0 Å². The summed E-state index contributed by atoms with van der Waals surface area (Å²) in [6.45, 7) is 18.0. The van der Waals surface area contributed by atoms with E-state index in [-0.39, 0.29) is 60.0 Å². The van der Waals surface area contributed by atoms with Crippen LogP contribution in [0.5, 0.6) is 5.75 Å². The number of nitrogens with one attached hydrogen (secondary N) is 2. The van der Waals surface area contributed by atoms with Crippen LogP contribution in [0, 0.1) is 29.6 Å². The number of likely N-dealkylation sites (tertiary alicyclic amines) is 2. The number of hydrazine groups is 1. The van der Waals surface area contributed by atoms with Crippen molar-refractivity contribution in [3.05, 3.63) is 101 Å². The van der Waals surface area contributed by atoms with Gasteiger partial charge in [-0.1, -0.05) is 57.5 Å². The lowest BCUT2D eigenvalue weighted by molar-refractivity contribution is -0.155. The molecule has 5 aliphatic heterocycles. The zero-order valence-electron chi connectivity index (χ0n) is 47.1. The fraction of sp³-hybridized carbons (Fsp3) is 0.532. The van der Waals surface area contributed by atoms with Crippen molar-refractivity contribution in [2.24, 2.45) is 22.7 Å². The molecule has 3 N–H and O–H groups in total. The van der Waals surface area contributed by atoms with Crippen LogP contribution in [0.4, 0.5) is 0 Å². The van der Waals surface area contributed by atoms with Crippen LogP contribution in [-0.4, -0.2) is 139 Å². The molecule has 5 aromatic rings. The molecule has 17 heteroatoms. The Morgan fingerprint density at radius 1 is 0.975 bits per heavy atom. The number of carbonyl (C=O) groups is 4. The predicted octanol–water partition coefficient (Wildman–Crippen LogP) is 7.89. The van der Waals surface area contributed by atoms with E-state index in [1.165, 1.54) is 5.01 Å². The quantitative estimate of drug-likeness (QED) is 0.0625. The number of hydrogen-bond donors (Lipinski definition) is 3. The summed E-state index contributed by atoms with van der Waals surface area (Å²) >= 11 is -1.42. The maximum Gasteiger partial charge on any atom is 0.324 e. The standard InChI is InChI=1S/C62H78N8O8S/c1-9-68-51-21-18-42-32-47(51)48(55(68)46-12-10-24-63-52(46)39(5)77-8)33-61(6,7)36-78-60(75)49-13-11-25-69(65-49)58(73)50(30-40-28-43(42)31-44(71)29-40)64-57(72)53(37(2)3)66-26-22-62(34-66)23-27-67(35-62)59(74)56-54(41-16-17-41)70(56)79(76)45-19-14-38(4)15-20-45/h10,12,14-15,18-21,24,28-29,31-32,37,39,41,49-50,53-54,56,65,71H,9,11,13,16-17,22-23,25-27,30,33-36H2,1-8H3,(H,64,72)/t39-,49-,50-,53-,54+,56+,62-,70?,79+/m0/s1. The van der Waals surface area contributed by atoms with Gasteiger partial charge in [0.15, 0.2) is 10.9 Å². The highest BCUT2D eigenvalue weighted by Gasteiger charge is 2.67. The topological polar surface area (TPSA) is 185 Å². The van der Waals surface area contributed by atoms with Crippen molar-refractivity contribution < 1.29 is 38.3 Å². The lowest BCUT2D eigenvalue weighted by Gasteiger charge is -2.37. The Bertz CT molecular complexity index is 3140. The normalized spacial score (nSPS) is 26.5. The molecule has 3 amide bonds. The van der Waals surface area contributed by atoms with Gasteiger partial charge < -0.3 is 33.9 Å². The van der Waals surface area contributed by atoms with Crippen LogP contribution >= 0.6 is 0 Å². The van der Waals surface area contributed by atoms with E-state index in [9.17, 15) is 19.2 Å². The van der Waals surface area contributed by atoms with E-state index in [2.05, 4.69) is 65.2 Å². The number of pyridine rings is 1. The number of aromatic nitrogens is 2. The number of hydrogen-bond acceptors (Lipinski definition) is 12. The number of benzene rings is 3. The van der Waals surface area contributed by atoms with Gasteiger partial charge in [-0.25, -0.2) is 5.43 Å². The summed E-state index contributed by atoms with van der Waals surface area (Å²) in [6.07, 6.45) is 6.88. The molecule has 6 bridgehead atoms. The van der Waals surface area contributed by atoms with Crippen molar-refractivity contribution in [1.29, 1.82) is 0 Å². The van der Waals surface area contributed by atoms with E-state index < -0.39 is 46.9 Å². The first kappa shape index (κ1) is 55.1. The molecule has 0 radical (unpaired) electrons. The van der Waals surface area contributed by atoms with Crippen LogP contribution in [0.3, 0.4) is 0 Å². The zero-order chi connectivity index (χ0) is 55.7. The van der Waals surface area contributed by atoms with Crippen LogP contribution in [-0.2, 0) is 59.4 Å². The molecule has 1 spiro atoms. The Hall–Kier alpha value is -5.82. The van der Waals surface area contributed by atoms with Crippen LogP contribution in [0.1, 0.15) is 109 Å². The van der Waals surface area contributed by atoms with Gasteiger partial charge in [0.2, 0.25) is 11.8 Å². The molecule has 5 fully saturated rings. The van der Waals surface area contributed by atoms with Crippen LogP contribution in [0.15, 0.2) is 83.9 Å². The van der Waals surface area contributed by atoms with Gasteiger partial charge in [-0.3, -0.25) is 34.1 Å². The number of aromatic hydroxyl groups is 1. The maximum absolute atomic E-state index is 15.1. The second-order valence-corrected chi connectivity index (χ2v) is 26.0. The molecule has 4 saturated heterocycles. The SMILES string of the molecule is CCn1c(-c2cccnc2[C@H](C)OC)c2c3cc(ccc31)-c1cc(O)cc(c1)C[C@H](NC(=O)[C@H](C(C)C)N1CC[C@]3(CCN(C(=O)[C@H]4[C@@H](C5CC5)N4[S@+]([O-])c4ccc(C)cc4)C3)C1)C(=O)N1CCC[C@H](N1)C(=O)OCC(C)(C)C2. The summed E-state index contributed by atoms with van der Waals surface area (Å²) in [5.74, 6) is -0.762. The Kier molecular flexibility index (Phi) is 15.3. The third-order valence-corrected chi connectivity index (χ3v) is 19.3. The highest BCUT2D eigenvalue weighted by molar-refractivity contribution is 7.89. The van der Waals surface area contributed by atoms with Crippen molar-refractivity contribution in [3.63, 3.8) is 0 Å². The average Bonchev–Trinajstić information content (AvgIpc) is 4.51. The number of phenols is 1. The van der Waals surface area contributed by atoms with E-state index in [1.54, 1.807) is 25.4 Å². The summed E-state index contributed by atoms with van der Waals surface area (Å²) < 4.78 is 30.1. The summed E-state index contributed by atoms with van der Waals surface area (Å²) in [6, 6.07) is 20.7. The van der Waals surface area contributed by atoms with E-state index >= 15 is 9.59 Å². The number of amides is 3. The molecule has 420 valence electrons. The van der Waals surface area contributed by atoms with Crippen molar-refractivity contribution in [2.75, 3.05) is 46.4 Å². The van der Waals surface area contributed by atoms with Gasteiger partial charge in [-0.2, -0.15) is 0 Å². The highest BCUT2D eigenvalue weighted by atomic mass is 32.2. The number of phenolic OH excluding ortho intramolecular Hbond substituents is 1. The summed E-state index contributed by atoms with van der Waals surface area (Å²) in [7, 11) is 1.69. The number of methoxy groups -OCH3 is 1. The van der Waals surface area contributed by atoms with Gasteiger partial charge in [0, 0.05) is 79.7 Å². The minimum atomic E-state index is -1.42.